The molecule has 5 heteroatoms. The molecule has 0 unspecified atom stereocenters. The van der Waals surface area contributed by atoms with Crippen molar-refractivity contribution in [2.24, 2.45) is 0 Å². The van der Waals surface area contributed by atoms with Crippen molar-refractivity contribution in [3.05, 3.63) is 53.6 Å². The number of rotatable bonds is 4. The van der Waals surface area contributed by atoms with Crippen molar-refractivity contribution in [3.63, 3.8) is 0 Å². The van der Waals surface area contributed by atoms with Gasteiger partial charge in [-0.2, -0.15) is 5.10 Å². The number of ether oxygens (including phenoxy) is 1. The van der Waals surface area contributed by atoms with E-state index in [1.165, 1.54) is 5.56 Å². The third kappa shape index (κ3) is 2.65. The van der Waals surface area contributed by atoms with Gasteiger partial charge in [0.15, 0.2) is 5.82 Å². The number of aromatic nitrogens is 2. The van der Waals surface area contributed by atoms with E-state index in [0.29, 0.717) is 11.4 Å². The number of carbonyl (C=O) groups excluding carboxylic acids is 1. The van der Waals surface area contributed by atoms with Crippen molar-refractivity contribution in [2.75, 3.05) is 12.4 Å². The zero-order valence-corrected chi connectivity index (χ0v) is 12.5. The molecule has 0 aliphatic rings. The van der Waals surface area contributed by atoms with Gasteiger partial charge in [-0.1, -0.05) is 19.1 Å². The summed E-state index contributed by atoms with van der Waals surface area (Å²) >= 11 is 0. The Bertz CT molecular complexity index is 806. The maximum atomic E-state index is 12.3. The van der Waals surface area contributed by atoms with Crippen LogP contribution in [0.4, 0.5) is 5.82 Å². The summed E-state index contributed by atoms with van der Waals surface area (Å²) in [6, 6.07) is 13.1. The molecule has 0 aliphatic carbocycles. The van der Waals surface area contributed by atoms with Gasteiger partial charge in [-0.05, 0) is 42.3 Å². The van der Waals surface area contributed by atoms with Gasteiger partial charge in [0, 0.05) is 10.9 Å². The predicted octanol–water partition coefficient (Wildman–Crippen LogP) is 3.39. The van der Waals surface area contributed by atoms with Crippen molar-refractivity contribution in [2.45, 2.75) is 13.3 Å². The van der Waals surface area contributed by atoms with Crippen molar-refractivity contribution in [1.29, 1.82) is 0 Å². The smallest absolute Gasteiger partial charge is 0.256 e. The van der Waals surface area contributed by atoms with E-state index in [-0.39, 0.29) is 5.91 Å². The summed E-state index contributed by atoms with van der Waals surface area (Å²) in [5.74, 6) is 1.04. The number of nitrogens with zero attached hydrogens (tertiary/aromatic N) is 1. The van der Waals surface area contributed by atoms with Crippen LogP contribution in [-0.2, 0) is 6.42 Å². The van der Waals surface area contributed by atoms with Gasteiger partial charge < -0.3 is 10.1 Å². The number of hydrogen-bond donors (Lipinski definition) is 2. The van der Waals surface area contributed by atoms with E-state index >= 15 is 0 Å². The standard InChI is InChI=1S/C17H17N3O2/c1-3-11-4-6-12(7-5-11)17(21)18-16-14-10-13(22-2)8-9-15(14)19-20-16/h4-10H,3H2,1-2H3,(H2,18,19,20,21). The molecule has 0 spiro atoms. The van der Waals surface area contributed by atoms with Gasteiger partial charge in [-0.3, -0.25) is 9.89 Å². The van der Waals surface area contributed by atoms with E-state index in [9.17, 15) is 4.79 Å². The molecule has 2 aromatic carbocycles. The number of anilines is 1. The lowest BCUT2D eigenvalue weighted by molar-refractivity contribution is 0.102. The molecule has 1 heterocycles. The molecular weight excluding hydrogens is 278 g/mol. The van der Waals surface area contributed by atoms with Gasteiger partial charge in [0.2, 0.25) is 0 Å². The number of methoxy groups -OCH3 is 1. The number of hydrogen-bond acceptors (Lipinski definition) is 3. The summed E-state index contributed by atoms with van der Waals surface area (Å²) in [5, 5.41) is 10.7. The molecule has 5 nitrogen and oxygen atoms in total. The Morgan fingerprint density at radius 1 is 1.23 bits per heavy atom. The quantitative estimate of drug-likeness (QED) is 0.775. The molecule has 3 rings (SSSR count). The lowest BCUT2D eigenvalue weighted by Gasteiger charge is -2.04. The molecule has 0 atom stereocenters. The predicted molar refractivity (Wildman–Crippen MR) is 86.4 cm³/mol. The average molecular weight is 295 g/mol. The Morgan fingerprint density at radius 2 is 2.00 bits per heavy atom. The summed E-state index contributed by atoms with van der Waals surface area (Å²) in [7, 11) is 1.61. The monoisotopic (exact) mass is 295 g/mol. The van der Waals surface area contributed by atoms with E-state index in [1.54, 1.807) is 7.11 Å². The van der Waals surface area contributed by atoms with Crippen molar-refractivity contribution in [3.8, 4) is 5.75 Å². The average Bonchev–Trinajstić information content (AvgIpc) is 2.97. The van der Waals surface area contributed by atoms with Gasteiger partial charge in [-0.15, -0.1) is 0 Å². The van der Waals surface area contributed by atoms with Crippen molar-refractivity contribution in [1.82, 2.24) is 10.2 Å². The van der Waals surface area contributed by atoms with Crippen LogP contribution in [0.3, 0.4) is 0 Å². The zero-order valence-electron chi connectivity index (χ0n) is 12.5. The van der Waals surface area contributed by atoms with Crippen LogP contribution in [0.25, 0.3) is 10.9 Å². The zero-order chi connectivity index (χ0) is 15.5. The Morgan fingerprint density at radius 3 is 2.68 bits per heavy atom. The summed E-state index contributed by atoms with van der Waals surface area (Å²) in [4.78, 5) is 12.3. The lowest BCUT2D eigenvalue weighted by Crippen LogP contribution is -2.12. The number of H-pyrrole nitrogens is 1. The molecule has 3 aromatic rings. The first-order chi connectivity index (χ1) is 10.7. The van der Waals surface area contributed by atoms with Crippen LogP contribution in [0.15, 0.2) is 42.5 Å². The second-order valence-corrected chi connectivity index (χ2v) is 4.99. The Labute approximate surface area is 128 Å². The highest BCUT2D eigenvalue weighted by Crippen LogP contribution is 2.25. The van der Waals surface area contributed by atoms with Crippen LogP contribution in [0, 0.1) is 0 Å². The molecule has 0 aliphatic heterocycles. The van der Waals surface area contributed by atoms with E-state index in [4.69, 9.17) is 4.74 Å². The first-order valence-electron chi connectivity index (χ1n) is 7.13. The summed E-state index contributed by atoms with van der Waals surface area (Å²) in [6.07, 6.45) is 0.950. The van der Waals surface area contributed by atoms with Gasteiger partial charge in [0.25, 0.3) is 5.91 Å². The fourth-order valence-electron chi connectivity index (χ4n) is 2.29. The molecule has 1 amide bonds. The minimum atomic E-state index is -0.182. The van der Waals surface area contributed by atoms with Gasteiger partial charge in [-0.25, -0.2) is 0 Å². The maximum absolute atomic E-state index is 12.3. The number of nitrogens with one attached hydrogen (secondary N) is 2. The van der Waals surface area contributed by atoms with Crippen LogP contribution in [-0.4, -0.2) is 23.2 Å². The number of aromatic amines is 1. The number of amides is 1. The highest BCUT2D eigenvalue weighted by atomic mass is 16.5. The highest BCUT2D eigenvalue weighted by molar-refractivity contribution is 6.08. The minimum absolute atomic E-state index is 0.182. The van der Waals surface area contributed by atoms with Gasteiger partial charge in [0.1, 0.15) is 5.75 Å². The fourth-order valence-corrected chi connectivity index (χ4v) is 2.29. The second-order valence-electron chi connectivity index (χ2n) is 4.99. The molecule has 112 valence electrons. The first kappa shape index (κ1) is 14.1. The SMILES string of the molecule is CCc1ccc(C(=O)Nc2n[nH]c3ccc(OC)cc23)cc1. The molecule has 0 fully saturated rings. The molecule has 0 radical (unpaired) electrons. The third-order valence-corrected chi connectivity index (χ3v) is 3.63. The molecule has 0 saturated heterocycles. The van der Waals surface area contributed by atoms with E-state index in [0.717, 1.165) is 23.1 Å². The molecule has 0 bridgehead atoms. The van der Waals surface area contributed by atoms with Gasteiger partial charge >= 0.3 is 0 Å². The normalized spacial score (nSPS) is 10.6. The van der Waals surface area contributed by atoms with Crippen molar-refractivity contribution >= 4 is 22.6 Å². The first-order valence-corrected chi connectivity index (χ1v) is 7.13. The summed E-state index contributed by atoms with van der Waals surface area (Å²) in [6.45, 7) is 2.08. The van der Waals surface area contributed by atoms with Crippen LogP contribution < -0.4 is 10.1 Å². The number of benzene rings is 2. The van der Waals surface area contributed by atoms with E-state index in [1.807, 2.05) is 42.5 Å². The fraction of sp³-hybridized carbons (Fsp3) is 0.176. The number of carbonyl (C=O) groups is 1. The molecule has 0 saturated carbocycles. The van der Waals surface area contributed by atoms with Gasteiger partial charge in [0.05, 0.1) is 12.6 Å². The van der Waals surface area contributed by atoms with Crippen LogP contribution >= 0.6 is 0 Å². The lowest BCUT2D eigenvalue weighted by atomic mass is 10.1. The van der Waals surface area contributed by atoms with Crippen molar-refractivity contribution < 1.29 is 9.53 Å². The Balaban J connectivity index is 1.86. The Kier molecular flexibility index (Phi) is 3.78. The van der Waals surface area contributed by atoms with Crippen LogP contribution in [0.1, 0.15) is 22.8 Å². The molecule has 2 N–H and O–H groups in total. The number of fused-ring (bicyclic) bond motifs is 1. The maximum Gasteiger partial charge on any atom is 0.256 e. The molecule has 22 heavy (non-hydrogen) atoms. The highest BCUT2D eigenvalue weighted by Gasteiger charge is 2.11. The van der Waals surface area contributed by atoms with Crippen LogP contribution in [0.2, 0.25) is 0 Å². The largest absolute Gasteiger partial charge is 0.497 e. The second kappa shape index (κ2) is 5.89. The minimum Gasteiger partial charge on any atom is -0.497 e. The molecule has 1 aromatic heterocycles. The Hall–Kier alpha value is -2.82. The number of aryl methyl sites for hydroxylation is 1. The molecular formula is C17H17N3O2. The summed E-state index contributed by atoms with van der Waals surface area (Å²) in [5.41, 5.74) is 2.65. The van der Waals surface area contributed by atoms with Crippen LogP contribution in [0.5, 0.6) is 5.75 Å². The van der Waals surface area contributed by atoms with E-state index in [2.05, 4.69) is 22.4 Å². The topological polar surface area (TPSA) is 67.0 Å². The third-order valence-electron chi connectivity index (χ3n) is 3.63. The van der Waals surface area contributed by atoms with E-state index < -0.39 is 0 Å². The summed E-state index contributed by atoms with van der Waals surface area (Å²) < 4.78 is 5.21.